The third-order valence-electron chi connectivity index (χ3n) is 3.43. The van der Waals surface area contributed by atoms with Gasteiger partial charge in [-0.05, 0) is 31.2 Å². The SMILES string of the molecule is Nc1nc(NCC2CCCC(O)C2)ccc1[N+](=O)[O-]. The fraction of sp³-hybridized carbons (Fsp3) is 0.583. The standard InChI is InChI=1S/C12H18N4O3/c13-12-10(16(18)19)4-5-11(15-12)14-7-8-2-1-3-9(17)6-8/h4-5,8-9,17H,1-3,6-7H2,(H3,13,14,15). The van der Waals surface area contributed by atoms with Gasteiger partial charge in [0, 0.05) is 12.6 Å². The molecule has 0 radical (unpaired) electrons. The highest BCUT2D eigenvalue weighted by Gasteiger charge is 2.20. The van der Waals surface area contributed by atoms with E-state index in [9.17, 15) is 15.2 Å². The number of pyridine rings is 1. The van der Waals surface area contributed by atoms with Crippen LogP contribution in [0, 0.1) is 16.0 Å². The summed E-state index contributed by atoms with van der Waals surface area (Å²) in [7, 11) is 0. The second-order valence-corrected chi connectivity index (χ2v) is 4.93. The van der Waals surface area contributed by atoms with Crippen molar-refractivity contribution < 1.29 is 10.0 Å². The number of nitro groups is 1. The van der Waals surface area contributed by atoms with Crippen LogP contribution < -0.4 is 11.1 Å². The average molecular weight is 266 g/mol. The van der Waals surface area contributed by atoms with E-state index < -0.39 is 4.92 Å². The minimum Gasteiger partial charge on any atom is -0.393 e. The summed E-state index contributed by atoms with van der Waals surface area (Å²) >= 11 is 0. The van der Waals surface area contributed by atoms with Crippen molar-refractivity contribution in [2.75, 3.05) is 17.6 Å². The van der Waals surface area contributed by atoms with Crippen molar-refractivity contribution in [1.82, 2.24) is 4.98 Å². The summed E-state index contributed by atoms with van der Waals surface area (Å²) in [6.45, 7) is 0.696. The van der Waals surface area contributed by atoms with Gasteiger partial charge in [0.15, 0.2) is 0 Å². The van der Waals surface area contributed by atoms with Gasteiger partial charge in [-0.25, -0.2) is 4.98 Å². The highest BCUT2D eigenvalue weighted by molar-refractivity contribution is 5.57. The predicted octanol–water partition coefficient (Wildman–Crippen LogP) is 1.53. The van der Waals surface area contributed by atoms with E-state index in [0.717, 1.165) is 25.7 Å². The van der Waals surface area contributed by atoms with Gasteiger partial charge in [0.05, 0.1) is 11.0 Å². The second-order valence-electron chi connectivity index (χ2n) is 4.93. The quantitative estimate of drug-likeness (QED) is 0.562. The van der Waals surface area contributed by atoms with E-state index in [2.05, 4.69) is 10.3 Å². The summed E-state index contributed by atoms with van der Waals surface area (Å²) in [5.74, 6) is 0.851. The van der Waals surface area contributed by atoms with Crippen LogP contribution >= 0.6 is 0 Å². The summed E-state index contributed by atoms with van der Waals surface area (Å²) in [5, 5.41) is 23.3. The van der Waals surface area contributed by atoms with Gasteiger partial charge in [-0.2, -0.15) is 0 Å². The Hall–Kier alpha value is -1.89. The van der Waals surface area contributed by atoms with Crippen molar-refractivity contribution in [3.63, 3.8) is 0 Å². The first-order valence-corrected chi connectivity index (χ1v) is 6.39. The third kappa shape index (κ3) is 3.54. The van der Waals surface area contributed by atoms with Crippen LogP contribution in [0.2, 0.25) is 0 Å². The van der Waals surface area contributed by atoms with Gasteiger partial charge in [-0.3, -0.25) is 10.1 Å². The molecule has 1 aliphatic rings. The zero-order valence-corrected chi connectivity index (χ0v) is 10.6. The number of rotatable bonds is 4. The van der Waals surface area contributed by atoms with Gasteiger partial charge < -0.3 is 16.2 Å². The molecule has 1 fully saturated rings. The Labute approximate surface area is 111 Å². The lowest BCUT2D eigenvalue weighted by molar-refractivity contribution is -0.384. The number of nitrogens with zero attached hydrogens (tertiary/aromatic N) is 2. The number of aliphatic hydroxyl groups excluding tert-OH is 1. The Bertz CT molecular complexity index is 466. The monoisotopic (exact) mass is 266 g/mol. The van der Waals surface area contributed by atoms with Gasteiger partial charge in [-0.1, -0.05) is 6.42 Å². The molecule has 2 unspecified atom stereocenters. The third-order valence-corrected chi connectivity index (χ3v) is 3.43. The van der Waals surface area contributed by atoms with Crippen LogP contribution in [-0.4, -0.2) is 27.7 Å². The lowest BCUT2D eigenvalue weighted by Crippen LogP contribution is -2.25. The van der Waals surface area contributed by atoms with Gasteiger partial charge in [-0.15, -0.1) is 0 Å². The molecule has 0 bridgehead atoms. The molecular formula is C12H18N4O3. The first-order valence-electron chi connectivity index (χ1n) is 6.39. The minimum absolute atomic E-state index is 0.0846. The topological polar surface area (TPSA) is 114 Å². The minimum atomic E-state index is -0.552. The highest BCUT2D eigenvalue weighted by Crippen LogP contribution is 2.25. The Morgan fingerprint density at radius 2 is 2.32 bits per heavy atom. The number of nitrogen functional groups attached to an aromatic ring is 1. The van der Waals surface area contributed by atoms with Crippen LogP contribution in [0.4, 0.5) is 17.3 Å². The highest BCUT2D eigenvalue weighted by atomic mass is 16.6. The molecule has 2 rings (SSSR count). The fourth-order valence-electron chi connectivity index (χ4n) is 2.42. The van der Waals surface area contributed by atoms with Crippen molar-refractivity contribution in [2.24, 2.45) is 5.92 Å². The van der Waals surface area contributed by atoms with Crippen LogP contribution in [0.25, 0.3) is 0 Å². The van der Waals surface area contributed by atoms with Crippen LogP contribution in [0.15, 0.2) is 12.1 Å². The van der Waals surface area contributed by atoms with E-state index in [1.165, 1.54) is 6.07 Å². The van der Waals surface area contributed by atoms with Crippen LogP contribution in [-0.2, 0) is 0 Å². The molecule has 0 saturated heterocycles. The number of hydrogen-bond acceptors (Lipinski definition) is 6. The molecule has 2 atom stereocenters. The largest absolute Gasteiger partial charge is 0.393 e. The van der Waals surface area contributed by atoms with Crippen molar-refractivity contribution >= 4 is 17.3 Å². The fourth-order valence-corrected chi connectivity index (χ4v) is 2.42. The van der Waals surface area contributed by atoms with Crippen LogP contribution in [0.5, 0.6) is 0 Å². The Balaban J connectivity index is 1.92. The number of nitrogens with two attached hydrogens (primary N) is 1. The number of aromatic nitrogens is 1. The Morgan fingerprint density at radius 3 is 2.95 bits per heavy atom. The van der Waals surface area contributed by atoms with Gasteiger partial charge in [0.25, 0.3) is 0 Å². The lowest BCUT2D eigenvalue weighted by Gasteiger charge is -2.26. The van der Waals surface area contributed by atoms with E-state index >= 15 is 0 Å². The smallest absolute Gasteiger partial charge is 0.311 e. The lowest BCUT2D eigenvalue weighted by atomic mass is 9.87. The summed E-state index contributed by atoms with van der Waals surface area (Å²) in [6.07, 6.45) is 3.56. The molecule has 4 N–H and O–H groups in total. The number of anilines is 2. The molecule has 1 saturated carbocycles. The molecule has 1 aromatic rings. The zero-order chi connectivity index (χ0) is 13.8. The number of aliphatic hydroxyl groups is 1. The van der Waals surface area contributed by atoms with E-state index in [-0.39, 0.29) is 17.6 Å². The summed E-state index contributed by atoms with van der Waals surface area (Å²) < 4.78 is 0. The van der Waals surface area contributed by atoms with Crippen LogP contribution in [0.1, 0.15) is 25.7 Å². The predicted molar refractivity (Wildman–Crippen MR) is 71.8 cm³/mol. The Kier molecular flexibility index (Phi) is 4.16. The Morgan fingerprint density at radius 1 is 1.53 bits per heavy atom. The molecule has 1 aromatic heterocycles. The zero-order valence-electron chi connectivity index (χ0n) is 10.6. The van der Waals surface area contributed by atoms with Gasteiger partial charge in [0.1, 0.15) is 5.82 Å². The number of nitrogens with one attached hydrogen (secondary N) is 1. The van der Waals surface area contributed by atoms with E-state index in [0.29, 0.717) is 18.3 Å². The van der Waals surface area contributed by atoms with E-state index in [1.807, 2.05) is 0 Å². The molecule has 7 nitrogen and oxygen atoms in total. The van der Waals surface area contributed by atoms with Crippen LogP contribution in [0.3, 0.4) is 0 Å². The molecule has 104 valence electrons. The molecule has 0 aromatic carbocycles. The second kappa shape index (κ2) is 5.83. The molecule has 1 aliphatic carbocycles. The van der Waals surface area contributed by atoms with Crippen molar-refractivity contribution in [1.29, 1.82) is 0 Å². The molecule has 0 amide bonds. The van der Waals surface area contributed by atoms with Gasteiger partial charge in [0.2, 0.25) is 5.82 Å². The maximum Gasteiger partial charge on any atom is 0.311 e. The van der Waals surface area contributed by atoms with Crippen molar-refractivity contribution in [3.05, 3.63) is 22.2 Å². The summed E-state index contributed by atoms with van der Waals surface area (Å²) in [5.41, 5.74) is 5.34. The maximum atomic E-state index is 10.6. The maximum absolute atomic E-state index is 10.6. The van der Waals surface area contributed by atoms with Crippen molar-refractivity contribution in [2.45, 2.75) is 31.8 Å². The van der Waals surface area contributed by atoms with E-state index in [1.54, 1.807) is 6.07 Å². The first kappa shape index (κ1) is 13.5. The molecule has 7 heteroatoms. The molecule has 0 spiro atoms. The molecule has 19 heavy (non-hydrogen) atoms. The summed E-state index contributed by atoms with van der Waals surface area (Å²) in [6, 6.07) is 2.90. The molecular weight excluding hydrogens is 248 g/mol. The van der Waals surface area contributed by atoms with Crippen molar-refractivity contribution in [3.8, 4) is 0 Å². The molecule has 1 heterocycles. The molecule has 0 aliphatic heterocycles. The van der Waals surface area contributed by atoms with E-state index in [4.69, 9.17) is 5.73 Å². The van der Waals surface area contributed by atoms with Gasteiger partial charge >= 0.3 is 5.69 Å². The number of hydrogen-bond donors (Lipinski definition) is 3. The normalized spacial score (nSPS) is 23.0. The first-order chi connectivity index (χ1) is 9.06. The summed E-state index contributed by atoms with van der Waals surface area (Å²) in [4.78, 5) is 14.0. The average Bonchev–Trinajstić information content (AvgIpc) is 2.36.